The highest BCUT2D eigenvalue weighted by atomic mass is 19.1. The number of carbonyl (C=O) groups is 2. The number of rotatable bonds is 5. The second-order valence-electron chi connectivity index (χ2n) is 8.04. The molecule has 1 saturated heterocycles. The summed E-state index contributed by atoms with van der Waals surface area (Å²) in [5, 5.41) is 2.62. The number of hydrogen-bond acceptors (Lipinski definition) is 3. The van der Waals surface area contributed by atoms with Gasteiger partial charge in [0.25, 0.3) is 5.91 Å². The van der Waals surface area contributed by atoms with Crippen molar-refractivity contribution in [3.05, 3.63) is 88.6 Å². The maximum atomic E-state index is 14.0. The average molecular weight is 432 g/mol. The van der Waals surface area contributed by atoms with Crippen molar-refractivity contribution < 1.29 is 14.0 Å². The second kappa shape index (κ2) is 8.34. The van der Waals surface area contributed by atoms with Crippen LogP contribution >= 0.6 is 0 Å². The molecule has 7 heteroatoms. The van der Waals surface area contributed by atoms with Crippen LogP contribution in [-0.2, 0) is 11.3 Å². The summed E-state index contributed by atoms with van der Waals surface area (Å²) in [6.07, 6.45) is 1.68. The maximum Gasteiger partial charge on any atom is 0.329 e. The van der Waals surface area contributed by atoms with E-state index < -0.39 is 17.8 Å². The van der Waals surface area contributed by atoms with E-state index in [4.69, 9.17) is 0 Å². The number of carbonyl (C=O) groups excluding carboxylic acids is 2. The second-order valence-corrected chi connectivity index (χ2v) is 8.04. The number of amides is 3. The van der Waals surface area contributed by atoms with Crippen LogP contribution in [-0.4, -0.2) is 35.5 Å². The Balaban J connectivity index is 1.62. The molecule has 1 aliphatic heterocycles. The van der Waals surface area contributed by atoms with Gasteiger partial charge in [0.15, 0.2) is 0 Å². The Morgan fingerprint density at radius 1 is 1.03 bits per heavy atom. The Morgan fingerprint density at radius 2 is 1.72 bits per heavy atom. The van der Waals surface area contributed by atoms with Gasteiger partial charge in [-0.2, -0.15) is 0 Å². The van der Waals surface area contributed by atoms with Crippen molar-refractivity contribution in [3.8, 4) is 5.69 Å². The van der Waals surface area contributed by atoms with Crippen LogP contribution in [0, 0.1) is 19.7 Å². The van der Waals surface area contributed by atoms with Crippen LogP contribution in [0.3, 0.4) is 0 Å². The smallest absolute Gasteiger partial charge is 0.329 e. The molecule has 1 aliphatic rings. The average Bonchev–Trinajstić information content (AvgIpc) is 3.19. The number of nitrogens with one attached hydrogen (secondary N) is 1. The van der Waals surface area contributed by atoms with Crippen molar-refractivity contribution in [2.75, 3.05) is 19.0 Å². The van der Waals surface area contributed by atoms with Crippen molar-refractivity contribution in [2.45, 2.75) is 20.4 Å². The zero-order valence-corrected chi connectivity index (χ0v) is 18.5. The normalized spacial score (nSPS) is 14.9. The van der Waals surface area contributed by atoms with E-state index in [0.717, 1.165) is 33.2 Å². The summed E-state index contributed by atoms with van der Waals surface area (Å²) in [5.41, 5.74) is 5.36. The third-order valence-electron chi connectivity index (χ3n) is 5.64. The molecular weight excluding hydrogens is 407 g/mol. The van der Waals surface area contributed by atoms with E-state index in [9.17, 15) is 14.0 Å². The molecule has 32 heavy (non-hydrogen) atoms. The summed E-state index contributed by atoms with van der Waals surface area (Å²) < 4.78 is 16.1. The molecule has 0 atom stereocenters. The number of imide groups is 1. The SMILES string of the molecule is Cc1cc(C=C2NC(=O)N(Cc3ccccc3F)C2=O)c(C)n1-c1ccc(N(C)C)cc1. The minimum absolute atomic E-state index is 0.119. The standard InChI is InChI=1S/C25H25FN4O2/c1-16-13-19(17(2)30(16)21-11-9-20(10-12-21)28(3)4)14-23-24(31)29(25(32)27-23)15-18-7-5-6-8-22(18)26/h5-14H,15H2,1-4H3,(H,27,32). The quantitative estimate of drug-likeness (QED) is 0.481. The van der Waals surface area contributed by atoms with Gasteiger partial charge in [-0.15, -0.1) is 0 Å². The van der Waals surface area contributed by atoms with Gasteiger partial charge in [0.2, 0.25) is 0 Å². The van der Waals surface area contributed by atoms with E-state index >= 15 is 0 Å². The molecule has 3 aromatic rings. The molecule has 2 aromatic carbocycles. The van der Waals surface area contributed by atoms with E-state index in [1.54, 1.807) is 24.3 Å². The minimum Gasteiger partial charge on any atom is -0.378 e. The predicted octanol–water partition coefficient (Wildman–Crippen LogP) is 4.39. The van der Waals surface area contributed by atoms with Gasteiger partial charge < -0.3 is 14.8 Å². The Labute approximate surface area is 186 Å². The van der Waals surface area contributed by atoms with Crippen LogP contribution < -0.4 is 10.2 Å². The molecule has 0 saturated carbocycles. The number of halogens is 1. The van der Waals surface area contributed by atoms with Gasteiger partial charge in [-0.3, -0.25) is 9.69 Å². The van der Waals surface area contributed by atoms with Crippen LogP contribution in [0.15, 0.2) is 60.3 Å². The highest BCUT2D eigenvalue weighted by Crippen LogP contribution is 2.26. The van der Waals surface area contributed by atoms with E-state index in [-0.39, 0.29) is 17.8 Å². The first-order chi connectivity index (χ1) is 15.3. The topological polar surface area (TPSA) is 57.6 Å². The third-order valence-corrected chi connectivity index (χ3v) is 5.64. The lowest BCUT2D eigenvalue weighted by atomic mass is 10.2. The lowest BCUT2D eigenvalue weighted by molar-refractivity contribution is -0.123. The molecule has 4 rings (SSSR count). The zero-order chi connectivity index (χ0) is 23.0. The summed E-state index contributed by atoms with van der Waals surface area (Å²) in [6.45, 7) is 3.85. The monoisotopic (exact) mass is 432 g/mol. The van der Waals surface area contributed by atoms with Crippen molar-refractivity contribution in [1.82, 2.24) is 14.8 Å². The molecule has 1 fully saturated rings. The number of aromatic nitrogens is 1. The fourth-order valence-corrected chi connectivity index (χ4v) is 3.90. The number of anilines is 1. The van der Waals surface area contributed by atoms with Crippen LogP contribution in [0.4, 0.5) is 14.9 Å². The molecule has 2 heterocycles. The fraction of sp³-hybridized carbons (Fsp3) is 0.200. The highest BCUT2D eigenvalue weighted by molar-refractivity contribution is 6.14. The Bertz CT molecular complexity index is 1230. The fourth-order valence-electron chi connectivity index (χ4n) is 3.90. The number of aryl methyl sites for hydroxylation is 1. The number of nitrogens with zero attached hydrogens (tertiary/aromatic N) is 3. The van der Waals surface area contributed by atoms with Gasteiger partial charge in [-0.1, -0.05) is 18.2 Å². The molecule has 1 aromatic heterocycles. The number of hydrogen-bond donors (Lipinski definition) is 1. The molecule has 0 radical (unpaired) electrons. The first-order valence-electron chi connectivity index (χ1n) is 10.3. The van der Waals surface area contributed by atoms with Crippen LogP contribution in [0.2, 0.25) is 0 Å². The summed E-state index contributed by atoms with van der Waals surface area (Å²) >= 11 is 0. The largest absolute Gasteiger partial charge is 0.378 e. The van der Waals surface area contributed by atoms with Gasteiger partial charge in [0.1, 0.15) is 11.5 Å². The molecule has 3 amide bonds. The van der Waals surface area contributed by atoms with Crippen molar-refractivity contribution in [1.29, 1.82) is 0 Å². The lowest BCUT2D eigenvalue weighted by Crippen LogP contribution is -2.30. The molecule has 0 bridgehead atoms. The van der Waals surface area contributed by atoms with Gasteiger partial charge in [-0.25, -0.2) is 9.18 Å². The summed E-state index contributed by atoms with van der Waals surface area (Å²) in [7, 11) is 3.99. The summed E-state index contributed by atoms with van der Waals surface area (Å²) in [4.78, 5) is 28.3. The third kappa shape index (κ3) is 3.89. The summed E-state index contributed by atoms with van der Waals surface area (Å²) in [6, 6.07) is 15.7. The first-order valence-corrected chi connectivity index (χ1v) is 10.3. The van der Waals surface area contributed by atoms with Gasteiger partial charge in [-0.05, 0) is 61.9 Å². The maximum absolute atomic E-state index is 14.0. The molecule has 6 nitrogen and oxygen atoms in total. The van der Waals surface area contributed by atoms with Crippen LogP contribution in [0.25, 0.3) is 11.8 Å². The Morgan fingerprint density at radius 3 is 2.38 bits per heavy atom. The van der Waals surface area contributed by atoms with Gasteiger partial charge in [0.05, 0.1) is 6.54 Å². The zero-order valence-electron chi connectivity index (χ0n) is 18.5. The highest BCUT2D eigenvalue weighted by Gasteiger charge is 2.34. The van der Waals surface area contributed by atoms with Crippen LogP contribution in [0.1, 0.15) is 22.5 Å². The van der Waals surface area contributed by atoms with E-state index in [2.05, 4.69) is 9.88 Å². The van der Waals surface area contributed by atoms with Crippen molar-refractivity contribution in [3.63, 3.8) is 0 Å². The molecule has 0 spiro atoms. The van der Waals surface area contributed by atoms with Crippen molar-refractivity contribution in [2.24, 2.45) is 0 Å². The van der Waals surface area contributed by atoms with E-state index in [0.29, 0.717) is 0 Å². The van der Waals surface area contributed by atoms with Crippen LogP contribution in [0.5, 0.6) is 0 Å². The van der Waals surface area contributed by atoms with Gasteiger partial charge in [0, 0.05) is 42.4 Å². The number of benzene rings is 2. The van der Waals surface area contributed by atoms with Crippen molar-refractivity contribution >= 4 is 23.7 Å². The Kier molecular flexibility index (Phi) is 5.57. The molecule has 0 aliphatic carbocycles. The first kappa shape index (κ1) is 21.4. The summed E-state index contributed by atoms with van der Waals surface area (Å²) in [5.74, 6) is -0.923. The predicted molar refractivity (Wildman–Crippen MR) is 123 cm³/mol. The lowest BCUT2D eigenvalue weighted by Gasteiger charge is -2.15. The minimum atomic E-state index is -0.558. The van der Waals surface area contributed by atoms with E-state index in [1.165, 1.54) is 6.07 Å². The van der Waals surface area contributed by atoms with Gasteiger partial charge >= 0.3 is 6.03 Å². The molecule has 0 unspecified atom stereocenters. The molecule has 1 N–H and O–H groups in total. The number of urea groups is 1. The molecule has 164 valence electrons. The van der Waals surface area contributed by atoms with E-state index in [1.807, 2.05) is 63.2 Å². The molecular formula is C25H25FN4O2. The Hall–Kier alpha value is -3.87.